The van der Waals surface area contributed by atoms with Crippen LogP contribution in [0.3, 0.4) is 0 Å². The Labute approximate surface area is 164 Å². The van der Waals surface area contributed by atoms with E-state index in [1.807, 2.05) is 32.9 Å². The van der Waals surface area contributed by atoms with Crippen molar-refractivity contribution >= 4 is 17.0 Å². The summed E-state index contributed by atoms with van der Waals surface area (Å²) in [6, 6.07) is 7.21. The third-order valence-corrected chi connectivity index (χ3v) is 4.79. The fourth-order valence-corrected chi connectivity index (χ4v) is 3.30. The standard InChI is InChI=1S/C21H26N4O3/c1-6-22-21-23-12(3)16-11-17(20(27)25(7-2)19(16)24-21)15-9-8-14(13(4)26)10-18(15)28-5/h8-11,13,26H,6-7H2,1-5H3,(H,22,23,24). The normalized spacial score (nSPS) is 12.2. The van der Waals surface area contributed by atoms with Crippen molar-refractivity contribution in [2.24, 2.45) is 0 Å². The molecule has 3 rings (SSSR count). The number of aliphatic hydroxyl groups excluding tert-OH is 1. The van der Waals surface area contributed by atoms with Gasteiger partial charge in [-0.2, -0.15) is 4.98 Å². The Morgan fingerprint density at radius 1 is 1.21 bits per heavy atom. The molecule has 0 saturated carbocycles. The monoisotopic (exact) mass is 382 g/mol. The molecule has 0 aliphatic rings. The topological polar surface area (TPSA) is 89.3 Å². The third-order valence-electron chi connectivity index (χ3n) is 4.79. The second kappa shape index (κ2) is 7.98. The molecular weight excluding hydrogens is 356 g/mol. The van der Waals surface area contributed by atoms with E-state index in [4.69, 9.17) is 4.74 Å². The lowest BCUT2D eigenvalue weighted by atomic mass is 10.0. The maximum Gasteiger partial charge on any atom is 0.260 e. The van der Waals surface area contributed by atoms with Crippen LogP contribution in [0.15, 0.2) is 29.1 Å². The van der Waals surface area contributed by atoms with Crippen LogP contribution in [-0.4, -0.2) is 33.3 Å². The van der Waals surface area contributed by atoms with Crippen molar-refractivity contribution in [1.29, 1.82) is 0 Å². The number of fused-ring (bicyclic) bond motifs is 1. The number of rotatable bonds is 6. The lowest BCUT2D eigenvalue weighted by molar-refractivity contribution is 0.199. The number of pyridine rings is 1. The van der Waals surface area contributed by atoms with Crippen LogP contribution in [0.4, 0.5) is 5.95 Å². The molecule has 7 nitrogen and oxygen atoms in total. The second-order valence-corrected chi connectivity index (χ2v) is 6.64. The Morgan fingerprint density at radius 3 is 2.57 bits per heavy atom. The highest BCUT2D eigenvalue weighted by atomic mass is 16.5. The van der Waals surface area contributed by atoms with Gasteiger partial charge in [0, 0.05) is 24.0 Å². The van der Waals surface area contributed by atoms with Gasteiger partial charge in [0.05, 0.1) is 24.5 Å². The Balaban J connectivity index is 2.31. The summed E-state index contributed by atoms with van der Waals surface area (Å²) in [5.41, 5.74) is 3.19. The highest BCUT2D eigenvalue weighted by molar-refractivity contribution is 5.85. The lowest BCUT2D eigenvalue weighted by Crippen LogP contribution is -2.23. The zero-order valence-electron chi connectivity index (χ0n) is 16.9. The summed E-state index contributed by atoms with van der Waals surface area (Å²) < 4.78 is 7.17. The minimum absolute atomic E-state index is 0.140. The first-order valence-electron chi connectivity index (χ1n) is 9.43. The van der Waals surface area contributed by atoms with Gasteiger partial charge in [0.25, 0.3) is 5.56 Å². The number of aliphatic hydroxyl groups is 1. The van der Waals surface area contributed by atoms with E-state index in [1.165, 1.54) is 0 Å². The van der Waals surface area contributed by atoms with Crippen LogP contribution < -0.4 is 15.6 Å². The van der Waals surface area contributed by atoms with E-state index in [0.29, 0.717) is 41.6 Å². The molecule has 2 heterocycles. The maximum absolute atomic E-state index is 13.3. The molecule has 1 unspecified atom stereocenters. The number of methoxy groups -OCH3 is 1. The van der Waals surface area contributed by atoms with E-state index in [1.54, 1.807) is 30.7 Å². The number of aromatic nitrogens is 3. The van der Waals surface area contributed by atoms with E-state index >= 15 is 0 Å². The van der Waals surface area contributed by atoms with Gasteiger partial charge in [-0.3, -0.25) is 9.36 Å². The predicted molar refractivity (Wildman–Crippen MR) is 111 cm³/mol. The smallest absolute Gasteiger partial charge is 0.260 e. The van der Waals surface area contributed by atoms with Gasteiger partial charge in [-0.25, -0.2) is 4.98 Å². The van der Waals surface area contributed by atoms with Crippen LogP contribution in [0.25, 0.3) is 22.2 Å². The zero-order chi connectivity index (χ0) is 20.4. The van der Waals surface area contributed by atoms with E-state index in [9.17, 15) is 9.90 Å². The molecular formula is C21H26N4O3. The van der Waals surface area contributed by atoms with Gasteiger partial charge in [0.2, 0.25) is 5.95 Å². The number of benzene rings is 1. The number of nitrogens with zero attached hydrogens (tertiary/aromatic N) is 3. The Morgan fingerprint density at radius 2 is 1.96 bits per heavy atom. The number of hydrogen-bond donors (Lipinski definition) is 2. The first-order chi connectivity index (χ1) is 13.4. The summed E-state index contributed by atoms with van der Waals surface area (Å²) in [5.74, 6) is 1.06. The molecule has 28 heavy (non-hydrogen) atoms. The molecule has 1 aromatic carbocycles. The van der Waals surface area contributed by atoms with E-state index in [-0.39, 0.29) is 5.56 Å². The summed E-state index contributed by atoms with van der Waals surface area (Å²) in [6.45, 7) is 8.68. The van der Waals surface area contributed by atoms with Gasteiger partial charge < -0.3 is 15.2 Å². The highest BCUT2D eigenvalue weighted by Gasteiger charge is 2.18. The molecule has 1 atom stereocenters. The molecule has 2 aromatic heterocycles. The first-order valence-corrected chi connectivity index (χ1v) is 9.43. The molecule has 0 spiro atoms. The van der Waals surface area contributed by atoms with Gasteiger partial charge in [-0.05, 0) is 45.4 Å². The molecule has 0 saturated heterocycles. The fraction of sp³-hybridized carbons (Fsp3) is 0.381. The van der Waals surface area contributed by atoms with Crippen molar-refractivity contribution in [2.75, 3.05) is 19.0 Å². The summed E-state index contributed by atoms with van der Waals surface area (Å²) >= 11 is 0. The largest absolute Gasteiger partial charge is 0.496 e. The van der Waals surface area contributed by atoms with Crippen LogP contribution in [0.5, 0.6) is 5.75 Å². The van der Waals surface area contributed by atoms with Crippen LogP contribution in [0.2, 0.25) is 0 Å². The van der Waals surface area contributed by atoms with Crippen LogP contribution in [0, 0.1) is 6.92 Å². The average molecular weight is 382 g/mol. The van der Waals surface area contributed by atoms with E-state index < -0.39 is 6.10 Å². The fourth-order valence-electron chi connectivity index (χ4n) is 3.30. The van der Waals surface area contributed by atoms with Crippen LogP contribution in [0.1, 0.15) is 38.1 Å². The Bertz CT molecular complexity index is 1070. The maximum atomic E-state index is 13.3. The SMILES string of the molecule is CCNc1nc(C)c2cc(-c3ccc(C(C)O)cc3OC)c(=O)n(CC)c2n1. The Hall–Kier alpha value is -2.93. The molecule has 148 valence electrons. The molecule has 3 aromatic rings. The van der Waals surface area contributed by atoms with Gasteiger partial charge >= 0.3 is 0 Å². The lowest BCUT2D eigenvalue weighted by Gasteiger charge is -2.16. The number of anilines is 1. The van der Waals surface area contributed by atoms with Crippen molar-refractivity contribution in [3.8, 4) is 16.9 Å². The second-order valence-electron chi connectivity index (χ2n) is 6.64. The predicted octanol–water partition coefficient (Wildman–Crippen LogP) is 3.28. The molecule has 7 heteroatoms. The summed E-state index contributed by atoms with van der Waals surface area (Å²) in [5, 5.41) is 13.8. The Kier molecular flexibility index (Phi) is 5.65. The van der Waals surface area contributed by atoms with Crippen molar-refractivity contribution < 1.29 is 9.84 Å². The van der Waals surface area contributed by atoms with Crippen molar-refractivity contribution in [3.63, 3.8) is 0 Å². The number of ether oxygens (including phenoxy) is 1. The molecule has 0 amide bonds. The van der Waals surface area contributed by atoms with Gasteiger partial charge in [0.15, 0.2) is 0 Å². The van der Waals surface area contributed by atoms with Gasteiger partial charge in [0.1, 0.15) is 11.4 Å². The molecule has 0 fully saturated rings. The number of aryl methyl sites for hydroxylation is 2. The van der Waals surface area contributed by atoms with E-state index in [2.05, 4.69) is 15.3 Å². The summed E-state index contributed by atoms with van der Waals surface area (Å²) in [6.07, 6.45) is -0.619. The van der Waals surface area contributed by atoms with Crippen molar-refractivity contribution in [2.45, 2.75) is 40.3 Å². The van der Waals surface area contributed by atoms with Crippen molar-refractivity contribution in [3.05, 3.63) is 45.9 Å². The average Bonchev–Trinajstić information content (AvgIpc) is 2.67. The molecule has 0 aliphatic carbocycles. The quantitative estimate of drug-likeness (QED) is 0.680. The third kappa shape index (κ3) is 3.45. The zero-order valence-corrected chi connectivity index (χ0v) is 16.9. The highest BCUT2D eigenvalue weighted by Crippen LogP contribution is 2.32. The van der Waals surface area contributed by atoms with E-state index in [0.717, 1.165) is 16.6 Å². The minimum Gasteiger partial charge on any atom is -0.496 e. The summed E-state index contributed by atoms with van der Waals surface area (Å²) in [7, 11) is 1.56. The number of nitrogens with one attached hydrogen (secondary N) is 1. The first kappa shape index (κ1) is 19.8. The van der Waals surface area contributed by atoms with Crippen LogP contribution in [-0.2, 0) is 6.54 Å². The van der Waals surface area contributed by atoms with Crippen molar-refractivity contribution in [1.82, 2.24) is 14.5 Å². The number of hydrogen-bond acceptors (Lipinski definition) is 6. The summed E-state index contributed by atoms with van der Waals surface area (Å²) in [4.78, 5) is 22.3. The molecule has 0 bridgehead atoms. The van der Waals surface area contributed by atoms with Crippen LogP contribution >= 0.6 is 0 Å². The minimum atomic E-state index is -0.619. The molecule has 0 radical (unpaired) electrons. The van der Waals surface area contributed by atoms with Gasteiger partial charge in [-0.1, -0.05) is 12.1 Å². The molecule has 0 aliphatic heterocycles. The van der Waals surface area contributed by atoms with Gasteiger partial charge in [-0.15, -0.1) is 0 Å². The molecule has 2 N–H and O–H groups in total.